The van der Waals surface area contributed by atoms with E-state index in [0.717, 1.165) is 5.56 Å². The fourth-order valence-electron chi connectivity index (χ4n) is 2.47. The quantitative estimate of drug-likeness (QED) is 0.283. The van der Waals surface area contributed by atoms with Gasteiger partial charge < -0.3 is 10.4 Å². The number of thiocarbonyl (C=S) groups is 1. The summed E-state index contributed by atoms with van der Waals surface area (Å²) >= 11 is 6.96. The van der Waals surface area contributed by atoms with Gasteiger partial charge in [0.25, 0.3) is 5.70 Å². The van der Waals surface area contributed by atoms with E-state index < -0.39 is 0 Å². The number of aliphatic hydroxyl groups excluding tert-OH is 1. The second-order valence-electron chi connectivity index (χ2n) is 5.88. The molecule has 2 heterocycles. The molecule has 1 aromatic carbocycles. The van der Waals surface area contributed by atoms with Crippen LogP contribution in [0.5, 0.6) is 0 Å². The van der Waals surface area contributed by atoms with E-state index in [4.69, 9.17) is 12.2 Å². The van der Waals surface area contributed by atoms with Gasteiger partial charge in [-0.05, 0) is 49.1 Å². The Morgan fingerprint density at radius 1 is 1.19 bits per heavy atom. The molecule has 2 N–H and O–H groups in total. The zero-order valence-corrected chi connectivity index (χ0v) is 16.0. The summed E-state index contributed by atoms with van der Waals surface area (Å²) in [5.41, 5.74) is 2.55. The molecular weight excluding hydrogens is 367 g/mol. The summed E-state index contributed by atoms with van der Waals surface area (Å²) in [5, 5.41) is 15.7. The number of benzene rings is 1. The van der Waals surface area contributed by atoms with Crippen LogP contribution in [0.1, 0.15) is 16.0 Å². The van der Waals surface area contributed by atoms with Gasteiger partial charge in [-0.15, -0.1) is 11.3 Å². The lowest BCUT2D eigenvalue weighted by atomic mass is 10.2. The zero-order chi connectivity index (χ0) is 18.7. The van der Waals surface area contributed by atoms with Crippen LogP contribution in [0.4, 0.5) is 10.1 Å². The first-order valence-corrected chi connectivity index (χ1v) is 9.27. The van der Waals surface area contributed by atoms with E-state index in [0.29, 0.717) is 26.8 Å². The van der Waals surface area contributed by atoms with Gasteiger partial charge in [-0.25, -0.2) is 4.39 Å². The molecule has 3 rings (SSSR count). The predicted octanol–water partition coefficient (Wildman–Crippen LogP) is 5.11. The topological polar surface area (TPSA) is 36.1 Å². The second-order valence-corrected chi connectivity index (χ2v) is 7.24. The number of hydrogen-bond acceptors (Lipinski definition) is 3. The fraction of sp³-hybridized carbons (Fsp3) is 0.100. The molecule has 3 nitrogen and oxygen atoms in total. The van der Waals surface area contributed by atoms with Gasteiger partial charge in [-0.1, -0.05) is 24.4 Å². The van der Waals surface area contributed by atoms with Crippen molar-refractivity contribution < 1.29 is 14.1 Å². The smallest absolute Gasteiger partial charge is 0.289 e. The molecule has 6 heteroatoms. The van der Waals surface area contributed by atoms with Crippen LogP contribution in [0.2, 0.25) is 0 Å². The number of rotatable bonds is 4. The standard InChI is InChI=1S/C20H17FN2OS2/c1-13-5-3-9-23(12-13)18(19(24)17-6-4-10-26-17)20(25)22-15-8-7-14(2)16(21)11-15/h3-12H,1-2H3,(H-,22,24,25)/p+1. The minimum Gasteiger partial charge on any atom is -0.501 e. The maximum atomic E-state index is 13.8. The van der Waals surface area contributed by atoms with Crippen LogP contribution in [0.25, 0.3) is 11.5 Å². The van der Waals surface area contributed by atoms with Crippen LogP contribution >= 0.6 is 23.6 Å². The number of anilines is 1. The minimum atomic E-state index is -0.311. The highest BCUT2D eigenvalue weighted by Crippen LogP contribution is 2.23. The van der Waals surface area contributed by atoms with E-state index in [9.17, 15) is 9.50 Å². The molecule has 0 saturated heterocycles. The van der Waals surface area contributed by atoms with E-state index in [-0.39, 0.29) is 11.6 Å². The molecule has 26 heavy (non-hydrogen) atoms. The molecule has 0 radical (unpaired) electrons. The third kappa shape index (κ3) is 3.98. The van der Waals surface area contributed by atoms with Gasteiger partial charge in [0.1, 0.15) is 5.82 Å². The van der Waals surface area contributed by atoms with E-state index in [2.05, 4.69) is 5.32 Å². The van der Waals surface area contributed by atoms with Crippen LogP contribution in [0, 0.1) is 19.7 Å². The van der Waals surface area contributed by atoms with Crippen molar-refractivity contribution in [2.45, 2.75) is 13.8 Å². The number of nitrogens with one attached hydrogen (secondary N) is 1. The summed E-state index contributed by atoms with van der Waals surface area (Å²) in [6.45, 7) is 3.66. The highest BCUT2D eigenvalue weighted by Gasteiger charge is 2.24. The minimum absolute atomic E-state index is 0.0701. The van der Waals surface area contributed by atoms with Crippen molar-refractivity contribution in [3.05, 3.63) is 82.1 Å². The van der Waals surface area contributed by atoms with Gasteiger partial charge in [-0.2, -0.15) is 4.57 Å². The van der Waals surface area contributed by atoms with Crippen molar-refractivity contribution in [1.29, 1.82) is 0 Å². The summed E-state index contributed by atoms with van der Waals surface area (Å²) in [4.78, 5) is 1.00. The first kappa shape index (κ1) is 18.2. The molecule has 132 valence electrons. The summed E-state index contributed by atoms with van der Waals surface area (Å²) in [6, 6.07) is 12.4. The summed E-state index contributed by atoms with van der Waals surface area (Å²) < 4.78 is 15.6. The highest BCUT2D eigenvalue weighted by atomic mass is 32.1. The molecule has 0 saturated carbocycles. The van der Waals surface area contributed by atoms with E-state index in [1.165, 1.54) is 17.4 Å². The average Bonchev–Trinajstić information content (AvgIpc) is 3.13. The Bertz CT molecular complexity index is 981. The number of nitrogens with zero attached hydrogens (tertiary/aromatic N) is 1. The van der Waals surface area contributed by atoms with E-state index in [1.807, 2.05) is 49.0 Å². The van der Waals surface area contributed by atoms with Crippen molar-refractivity contribution in [2.24, 2.45) is 0 Å². The molecular formula is C20H18FN2OS2+. The summed E-state index contributed by atoms with van der Waals surface area (Å²) in [7, 11) is 0. The normalized spacial score (nSPS) is 11.8. The third-order valence-corrected chi connectivity index (χ3v) is 5.00. The Labute approximate surface area is 161 Å². The van der Waals surface area contributed by atoms with Crippen LogP contribution in [0.3, 0.4) is 0 Å². The number of aromatic nitrogens is 1. The summed E-state index contributed by atoms with van der Waals surface area (Å²) in [5.74, 6) is -0.241. The van der Waals surface area contributed by atoms with Gasteiger partial charge in [0.2, 0.25) is 5.76 Å². The molecule has 0 aliphatic rings. The molecule has 2 aromatic heterocycles. The lowest BCUT2D eigenvalue weighted by Gasteiger charge is -2.10. The van der Waals surface area contributed by atoms with Gasteiger partial charge in [-0.3, -0.25) is 0 Å². The summed E-state index contributed by atoms with van der Waals surface area (Å²) in [6.07, 6.45) is 3.69. The molecule has 0 spiro atoms. The number of aryl methyl sites for hydroxylation is 2. The molecule has 0 amide bonds. The Balaban J connectivity index is 2.04. The van der Waals surface area contributed by atoms with E-state index in [1.54, 1.807) is 23.6 Å². The van der Waals surface area contributed by atoms with Crippen LogP contribution in [-0.2, 0) is 0 Å². The number of hydrogen-bond donors (Lipinski definition) is 2. The van der Waals surface area contributed by atoms with Crippen LogP contribution in [0.15, 0.2) is 60.2 Å². The second kappa shape index (κ2) is 7.76. The maximum Gasteiger partial charge on any atom is 0.289 e. The molecule has 0 fully saturated rings. The third-order valence-electron chi connectivity index (χ3n) is 3.83. The van der Waals surface area contributed by atoms with Gasteiger partial charge in [0, 0.05) is 17.3 Å². The van der Waals surface area contributed by atoms with E-state index >= 15 is 0 Å². The van der Waals surface area contributed by atoms with Gasteiger partial charge in [0.15, 0.2) is 17.4 Å². The Morgan fingerprint density at radius 3 is 2.65 bits per heavy atom. The fourth-order valence-corrected chi connectivity index (χ4v) is 3.46. The Morgan fingerprint density at radius 2 is 2.00 bits per heavy atom. The molecule has 3 aromatic rings. The monoisotopic (exact) mass is 385 g/mol. The maximum absolute atomic E-state index is 13.8. The largest absolute Gasteiger partial charge is 0.501 e. The van der Waals surface area contributed by atoms with Gasteiger partial charge >= 0.3 is 0 Å². The highest BCUT2D eigenvalue weighted by molar-refractivity contribution is 7.81. The zero-order valence-electron chi connectivity index (χ0n) is 14.4. The number of thiophene rings is 1. The Kier molecular flexibility index (Phi) is 5.44. The first-order chi connectivity index (χ1) is 12.5. The van der Waals surface area contributed by atoms with Crippen molar-refractivity contribution >= 4 is 45.7 Å². The molecule has 0 bridgehead atoms. The van der Waals surface area contributed by atoms with Crippen molar-refractivity contribution in [3.63, 3.8) is 0 Å². The average molecular weight is 386 g/mol. The predicted molar refractivity (Wildman–Crippen MR) is 109 cm³/mol. The lowest BCUT2D eigenvalue weighted by molar-refractivity contribution is -0.576. The number of aliphatic hydroxyl groups is 1. The SMILES string of the molecule is Cc1ccc[n+](C(C(=S)Nc2ccc(C)c(F)c2)=C(O)c2cccs2)c1. The van der Waals surface area contributed by atoms with Crippen molar-refractivity contribution in [1.82, 2.24) is 0 Å². The van der Waals surface area contributed by atoms with Gasteiger partial charge in [0.05, 0.1) is 4.88 Å². The lowest BCUT2D eigenvalue weighted by Crippen LogP contribution is -2.38. The molecule has 0 atom stereocenters. The van der Waals surface area contributed by atoms with Crippen LogP contribution < -0.4 is 9.88 Å². The molecule has 0 aliphatic carbocycles. The van der Waals surface area contributed by atoms with Crippen molar-refractivity contribution in [2.75, 3.05) is 5.32 Å². The number of pyridine rings is 1. The first-order valence-electron chi connectivity index (χ1n) is 7.98. The molecule has 0 unspecified atom stereocenters. The Hall–Kier alpha value is -2.57. The van der Waals surface area contributed by atoms with Crippen molar-refractivity contribution in [3.8, 4) is 0 Å². The van der Waals surface area contributed by atoms with Crippen LogP contribution in [-0.4, -0.2) is 10.1 Å². The number of halogens is 1. The molecule has 0 aliphatic heterocycles.